The molecule has 19 nitrogen and oxygen atoms in total. The van der Waals surface area contributed by atoms with Crippen LogP contribution in [0.15, 0.2) is 109 Å². The molecule has 0 aliphatic rings. The number of Topliss-reactive ketones (excluding diaryl/α,β-unsaturated/α-hetero) is 1. The topological polar surface area (TPSA) is 282 Å². The maximum absolute atomic E-state index is 13.5. The SMILES string of the molecule is COC(C(=O)O)C(NC(=O)c1ccc(NC(=O)c2ccc([N+](=O)[O-])cc2)cc1)C(=O)Nc1ccc(C(=O)Nc2ccc(C(=O)Nc3ccc(C(C)=O)cc3)c(O)c2OC(C)C)cc1. The van der Waals surface area contributed by atoms with Crippen molar-refractivity contribution in [2.24, 2.45) is 0 Å². The molecule has 0 spiro atoms. The van der Waals surface area contributed by atoms with Crippen LogP contribution >= 0.6 is 0 Å². The molecule has 5 amide bonds. The fourth-order valence-corrected chi connectivity index (χ4v) is 5.84. The van der Waals surface area contributed by atoms with E-state index in [1.807, 2.05) is 0 Å². The predicted octanol–water partition coefficient (Wildman–Crippen LogP) is 5.88. The van der Waals surface area contributed by atoms with Gasteiger partial charge in [-0.1, -0.05) is 0 Å². The minimum absolute atomic E-state index is 0.0118. The number of hydrogen-bond donors (Lipinski definition) is 7. The van der Waals surface area contributed by atoms with Crippen LogP contribution in [0.25, 0.3) is 0 Å². The van der Waals surface area contributed by atoms with Gasteiger partial charge < -0.3 is 46.3 Å². The Morgan fingerprint density at radius 2 is 1.08 bits per heavy atom. The van der Waals surface area contributed by atoms with Crippen LogP contribution in [0.2, 0.25) is 0 Å². The fourth-order valence-electron chi connectivity index (χ4n) is 5.84. The number of benzene rings is 5. The molecule has 0 fully saturated rings. The molecular formula is C44H40N6O13. The van der Waals surface area contributed by atoms with Crippen molar-refractivity contribution in [3.8, 4) is 11.5 Å². The lowest BCUT2D eigenvalue weighted by molar-refractivity contribution is -0.384. The number of carbonyl (C=O) groups is 7. The molecule has 63 heavy (non-hydrogen) atoms. The average Bonchev–Trinajstić information content (AvgIpc) is 3.25. The molecule has 0 aromatic heterocycles. The highest BCUT2D eigenvalue weighted by molar-refractivity contribution is 6.10. The van der Waals surface area contributed by atoms with Crippen LogP contribution < -0.4 is 31.3 Å². The van der Waals surface area contributed by atoms with Crippen LogP contribution in [0.5, 0.6) is 11.5 Å². The van der Waals surface area contributed by atoms with Crippen molar-refractivity contribution < 1.29 is 58.2 Å². The minimum atomic E-state index is -1.84. The highest BCUT2D eigenvalue weighted by Gasteiger charge is 2.36. The Hall–Kier alpha value is -8.45. The van der Waals surface area contributed by atoms with Crippen LogP contribution in [0.4, 0.5) is 28.4 Å². The second-order valence-corrected chi connectivity index (χ2v) is 13.9. The number of phenolic OH excluding ortho intramolecular Hbond substituents is 1. The number of carboxylic acid groups (broad SMARTS) is 1. The van der Waals surface area contributed by atoms with Gasteiger partial charge in [-0.15, -0.1) is 0 Å². The summed E-state index contributed by atoms with van der Waals surface area (Å²) in [7, 11) is 1.04. The normalized spacial score (nSPS) is 11.6. The molecule has 5 aromatic rings. The van der Waals surface area contributed by atoms with Crippen molar-refractivity contribution in [2.75, 3.05) is 28.4 Å². The van der Waals surface area contributed by atoms with Gasteiger partial charge in [-0.3, -0.25) is 38.9 Å². The van der Waals surface area contributed by atoms with E-state index in [2.05, 4.69) is 26.6 Å². The number of aliphatic carboxylic acids is 1. The lowest BCUT2D eigenvalue weighted by Crippen LogP contribution is -2.54. The van der Waals surface area contributed by atoms with Gasteiger partial charge in [0.2, 0.25) is 5.91 Å². The number of non-ortho nitro benzene ring substituents is 1. The van der Waals surface area contributed by atoms with Crippen LogP contribution in [0.3, 0.4) is 0 Å². The van der Waals surface area contributed by atoms with E-state index in [1.165, 1.54) is 104 Å². The first-order chi connectivity index (χ1) is 29.9. The Bertz CT molecular complexity index is 2560. The van der Waals surface area contributed by atoms with Gasteiger partial charge in [0.1, 0.15) is 6.04 Å². The van der Waals surface area contributed by atoms with Crippen LogP contribution in [0, 0.1) is 10.1 Å². The first-order valence-electron chi connectivity index (χ1n) is 18.8. The van der Waals surface area contributed by atoms with Gasteiger partial charge in [0, 0.05) is 58.6 Å². The van der Waals surface area contributed by atoms with E-state index in [1.54, 1.807) is 26.0 Å². The summed E-state index contributed by atoms with van der Waals surface area (Å²) in [4.78, 5) is 99.7. The lowest BCUT2D eigenvalue weighted by Gasteiger charge is -2.23. The highest BCUT2D eigenvalue weighted by Crippen LogP contribution is 2.39. The molecule has 0 saturated heterocycles. The summed E-state index contributed by atoms with van der Waals surface area (Å²) in [5.41, 5.74) is 1.08. The maximum Gasteiger partial charge on any atom is 0.335 e. The number of nitrogens with zero attached hydrogens (tertiary/aromatic N) is 1. The number of phenols is 1. The summed E-state index contributed by atoms with van der Waals surface area (Å²) in [5, 5.41) is 44.5. The first-order valence-corrected chi connectivity index (χ1v) is 18.8. The van der Waals surface area contributed by atoms with Gasteiger partial charge in [0.05, 0.1) is 22.3 Å². The molecule has 2 atom stereocenters. The standard InChI is InChI=1S/C44H40N6O13/c1-23(2)63-37-34(22-21-33(36(37)52)42(56)46-30-13-5-25(6-14-30)24(3)51)48-40(54)26-7-17-31(18-8-26)47-43(57)35(38(62-4)44(58)59)49-41(55)27-9-15-29(16-10-27)45-39(53)28-11-19-32(20-12-28)50(60)61/h5-23,35,38,52H,1-4H3,(H,45,53)(H,46,56)(H,47,57)(H,48,54)(H,49,55)(H,58,59). The maximum atomic E-state index is 13.5. The molecule has 0 heterocycles. The van der Waals surface area contributed by atoms with Crippen LogP contribution in [0.1, 0.15) is 72.6 Å². The number of amides is 5. The molecule has 0 aliphatic heterocycles. The van der Waals surface area contributed by atoms with Crippen molar-refractivity contribution in [3.05, 3.63) is 147 Å². The van der Waals surface area contributed by atoms with Crippen molar-refractivity contribution in [2.45, 2.75) is 39.0 Å². The zero-order valence-electron chi connectivity index (χ0n) is 34.0. The summed E-state index contributed by atoms with van der Waals surface area (Å²) < 4.78 is 10.8. The summed E-state index contributed by atoms with van der Waals surface area (Å²) in [6.07, 6.45) is -2.33. The third-order valence-corrected chi connectivity index (χ3v) is 9.06. The molecule has 19 heteroatoms. The predicted molar refractivity (Wildman–Crippen MR) is 228 cm³/mol. The molecule has 0 saturated carbocycles. The number of rotatable bonds is 17. The van der Waals surface area contributed by atoms with Gasteiger partial charge in [-0.2, -0.15) is 0 Å². The van der Waals surface area contributed by atoms with Crippen molar-refractivity contribution >= 4 is 69.7 Å². The minimum Gasteiger partial charge on any atom is -0.504 e. The Labute approximate surface area is 358 Å². The number of nitro groups is 1. The summed E-state index contributed by atoms with van der Waals surface area (Å²) in [6, 6.07) is 22.7. The number of carbonyl (C=O) groups excluding carboxylic acids is 6. The number of aromatic hydroxyl groups is 1. The Morgan fingerprint density at radius 3 is 1.56 bits per heavy atom. The Morgan fingerprint density at radius 1 is 0.619 bits per heavy atom. The third kappa shape index (κ3) is 11.6. The van der Waals surface area contributed by atoms with E-state index in [9.17, 15) is 53.9 Å². The van der Waals surface area contributed by atoms with Gasteiger partial charge in [0.15, 0.2) is 23.4 Å². The molecule has 5 rings (SSSR count). The van der Waals surface area contributed by atoms with Gasteiger partial charge >= 0.3 is 5.97 Å². The molecular weight excluding hydrogens is 821 g/mol. The molecule has 5 aromatic carbocycles. The smallest absolute Gasteiger partial charge is 0.335 e. The van der Waals surface area contributed by atoms with E-state index < -0.39 is 64.4 Å². The molecule has 0 radical (unpaired) electrons. The van der Waals surface area contributed by atoms with E-state index >= 15 is 0 Å². The molecule has 324 valence electrons. The van der Waals surface area contributed by atoms with Gasteiger partial charge in [0.25, 0.3) is 29.3 Å². The number of hydrogen-bond acceptors (Lipinski definition) is 12. The van der Waals surface area contributed by atoms with Crippen LogP contribution in [-0.2, 0) is 14.3 Å². The monoisotopic (exact) mass is 860 g/mol. The quantitative estimate of drug-likeness (QED) is 0.0327. The number of anilines is 4. The van der Waals surface area contributed by atoms with Crippen molar-refractivity contribution in [1.82, 2.24) is 5.32 Å². The summed E-state index contributed by atoms with van der Waals surface area (Å²) in [5.74, 6) is -6.20. The number of ketones is 1. The lowest BCUT2D eigenvalue weighted by atomic mass is 10.1. The van der Waals surface area contributed by atoms with Crippen molar-refractivity contribution in [1.29, 1.82) is 0 Å². The van der Waals surface area contributed by atoms with E-state index in [0.29, 0.717) is 11.3 Å². The highest BCUT2D eigenvalue weighted by atomic mass is 16.6. The number of nitro benzene ring substituents is 1. The van der Waals surface area contributed by atoms with E-state index in [-0.39, 0.29) is 56.5 Å². The molecule has 0 aliphatic carbocycles. The van der Waals surface area contributed by atoms with Gasteiger partial charge in [-0.25, -0.2) is 4.79 Å². The number of nitrogens with one attached hydrogen (secondary N) is 5. The van der Waals surface area contributed by atoms with E-state index in [4.69, 9.17) is 9.47 Å². The third-order valence-electron chi connectivity index (χ3n) is 9.06. The fraction of sp³-hybridized carbons (Fsp3) is 0.159. The van der Waals surface area contributed by atoms with Gasteiger partial charge in [-0.05, 0) is 118 Å². The number of methoxy groups -OCH3 is 1. The second-order valence-electron chi connectivity index (χ2n) is 13.9. The summed E-state index contributed by atoms with van der Waals surface area (Å²) >= 11 is 0. The number of ether oxygens (including phenoxy) is 2. The Kier molecular flexibility index (Phi) is 14.6. The number of carboxylic acids is 1. The van der Waals surface area contributed by atoms with Crippen LogP contribution in [-0.4, -0.2) is 81.8 Å². The Balaban J connectivity index is 1.25. The van der Waals surface area contributed by atoms with E-state index in [0.717, 1.165) is 7.11 Å². The second kappa shape index (κ2) is 20.2. The first kappa shape index (κ1) is 45.6. The largest absolute Gasteiger partial charge is 0.504 e. The average molecular weight is 861 g/mol. The molecule has 2 unspecified atom stereocenters. The zero-order chi connectivity index (χ0) is 46.0. The summed E-state index contributed by atoms with van der Waals surface area (Å²) in [6.45, 7) is 4.77. The zero-order valence-corrected chi connectivity index (χ0v) is 34.0. The molecule has 7 N–H and O–H groups in total. The molecule has 0 bridgehead atoms. The van der Waals surface area contributed by atoms with Crippen molar-refractivity contribution in [3.63, 3.8) is 0 Å².